The number of aliphatic hydroxyl groups excluding tert-OH is 1. The van der Waals surface area contributed by atoms with Crippen LogP contribution in [0.5, 0.6) is 0 Å². The van der Waals surface area contributed by atoms with Gasteiger partial charge in [0.05, 0.1) is 0 Å². The van der Waals surface area contributed by atoms with E-state index in [4.69, 9.17) is 4.42 Å². The molecule has 0 saturated heterocycles. The van der Waals surface area contributed by atoms with Crippen molar-refractivity contribution in [1.82, 2.24) is 4.98 Å². The highest BCUT2D eigenvalue weighted by molar-refractivity contribution is 14.1. The van der Waals surface area contributed by atoms with Gasteiger partial charge in [-0.3, -0.25) is 0 Å². The van der Waals surface area contributed by atoms with Gasteiger partial charge in [-0.15, -0.1) is 0 Å². The van der Waals surface area contributed by atoms with Crippen molar-refractivity contribution in [2.24, 2.45) is 5.41 Å². The van der Waals surface area contributed by atoms with Crippen LogP contribution in [0.3, 0.4) is 0 Å². The number of hydrogen-bond donors (Lipinski definition) is 1. The standard InChI is InChI=1S/C17H22INO2/c1-16(2,12-8-6-5-7-9-12)11-17(3,4)14(20)15-19-13(18)10-21-15/h5-10,14,20H,11H2,1-4H3. The average Bonchev–Trinajstić information content (AvgIpc) is 2.84. The lowest BCUT2D eigenvalue weighted by Gasteiger charge is -2.37. The summed E-state index contributed by atoms with van der Waals surface area (Å²) in [7, 11) is 0. The van der Waals surface area contributed by atoms with E-state index in [1.165, 1.54) is 5.56 Å². The minimum Gasteiger partial charge on any atom is -0.445 e. The Kier molecular flexibility index (Phi) is 4.78. The lowest BCUT2D eigenvalue weighted by atomic mass is 9.69. The van der Waals surface area contributed by atoms with Crippen molar-refractivity contribution in [1.29, 1.82) is 0 Å². The second-order valence-corrected chi connectivity index (χ2v) is 7.93. The van der Waals surface area contributed by atoms with Crippen LogP contribution >= 0.6 is 22.6 Å². The van der Waals surface area contributed by atoms with Crippen LogP contribution in [0.25, 0.3) is 0 Å². The third-order valence-electron chi connectivity index (χ3n) is 3.92. The second kappa shape index (κ2) is 6.08. The Balaban J connectivity index is 2.20. The molecular formula is C17H22INO2. The Morgan fingerprint density at radius 2 is 1.81 bits per heavy atom. The second-order valence-electron chi connectivity index (χ2n) is 6.83. The molecule has 0 saturated carbocycles. The zero-order valence-electron chi connectivity index (χ0n) is 12.9. The molecule has 0 fully saturated rings. The van der Waals surface area contributed by atoms with Crippen LogP contribution in [0.1, 0.15) is 51.7 Å². The van der Waals surface area contributed by atoms with Crippen molar-refractivity contribution in [3.05, 3.63) is 51.7 Å². The van der Waals surface area contributed by atoms with Crippen LogP contribution < -0.4 is 0 Å². The summed E-state index contributed by atoms with van der Waals surface area (Å²) in [5.74, 6) is 0.397. The number of oxazole rings is 1. The van der Waals surface area contributed by atoms with Crippen molar-refractivity contribution in [2.45, 2.75) is 45.6 Å². The van der Waals surface area contributed by atoms with Crippen molar-refractivity contribution >= 4 is 22.6 Å². The quantitative estimate of drug-likeness (QED) is 0.741. The van der Waals surface area contributed by atoms with E-state index in [0.717, 1.165) is 10.1 Å². The van der Waals surface area contributed by atoms with Crippen molar-refractivity contribution in [3.8, 4) is 0 Å². The molecule has 0 bridgehead atoms. The Hall–Kier alpha value is -0.880. The highest BCUT2D eigenvalue weighted by atomic mass is 127. The lowest BCUT2D eigenvalue weighted by molar-refractivity contribution is 0.00897. The summed E-state index contributed by atoms with van der Waals surface area (Å²) in [5, 5.41) is 10.6. The molecule has 0 aliphatic rings. The largest absolute Gasteiger partial charge is 0.445 e. The number of nitrogens with zero attached hydrogens (tertiary/aromatic N) is 1. The van der Waals surface area contributed by atoms with Crippen LogP contribution in [0.15, 0.2) is 41.0 Å². The van der Waals surface area contributed by atoms with Crippen LogP contribution in [-0.4, -0.2) is 10.1 Å². The van der Waals surface area contributed by atoms with Gasteiger partial charge in [-0.05, 0) is 40.0 Å². The first kappa shape index (κ1) is 16.5. The van der Waals surface area contributed by atoms with Gasteiger partial charge in [0, 0.05) is 5.41 Å². The number of rotatable bonds is 5. The maximum atomic E-state index is 10.6. The van der Waals surface area contributed by atoms with Gasteiger partial charge in [-0.2, -0.15) is 0 Å². The molecule has 2 rings (SSSR count). The van der Waals surface area contributed by atoms with Crippen LogP contribution in [-0.2, 0) is 5.41 Å². The van der Waals surface area contributed by atoms with Gasteiger partial charge >= 0.3 is 0 Å². The molecule has 0 aliphatic heterocycles. The minimum atomic E-state index is -0.719. The number of halogens is 1. The molecule has 0 radical (unpaired) electrons. The van der Waals surface area contributed by atoms with Gasteiger partial charge in [0.25, 0.3) is 0 Å². The summed E-state index contributed by atoms with van der Waals surface area (Å²) in [5.41, 5.74) is 0.894. The van der Waals surface area contributed by atoms with E-state index in [1.54, 1.807) is 6.26 Å². The van der Waals surface area contributed by atoms with Crippen LogP contribution in [0, 0.1) is 9.12 Å². The number of aromatic nitrogens is 1. The molecule has 114 valence electrons. The van der Waals surface area contributed by atoms with E-state index in [9.17, 15) is 5.11 Å². The van der Waals surface area contributed by atoms with Gasteiger partial charge in [0.1, 0.15) is 16.1 Å². The maximum absolute atomic E-state index is 10.6. The lowest BCUT2D eigenvalue weighted by Crippen LogP contribution is -2.31. The van der Waals surface area contributed by atoms with E-state index in [0.29, 0.717) is 5.89 Å². The molecule has 4 heteroatoms. The minimum absolute atomic E-state index is 0.0362. The van der Waals surface area contributed by atoms with Crippen molar-refractivity contribution in [2.75, 3.05) is 0 Å². The smallest absolute Gasteiger partial charge is 0.224 e. The Morgan fingerprint density at radius 1 is 1.19 bits per heavy atom. The molecule has 1 atom stereocenters. The van der Waals surface area contributed by atoms with Crippen molar-refractivity contribution < 1.29 is 9.52 Å². The van der Waals surface area contributed by atoms with E-state index in [2.05, 4.69) is 79.5 Å². The van der Waals surface area contributed by atoms with Gasteiger partial charge in [0.2, 0.25) is 5.89 Å². The molecule has 1 aromatic carbocycles. The maximum Gasteiger partial charge on any atom is 0.224 e. The van der Waals surface area contributed by atoms with E-state index in [-0.39, 0.29) is 10.8 Å². The van der Waals surface area contributed by atoms with E-state index >= 15 is 0 Å². The number of hydrogen-bond acceptors (Lipinski definition) is 3. The zero-order chi connectivity index (χ0) is 15.7. The molecule has 1 unspecified atom stereocenters. The summed E-state index contributed by atoms with van der Waals surface area (Å²) in [6.07, 6.45) is 1.67. The summed E-state index contributed by atoms with van der Waals surface area (Å²) >= 11 is 2.08. The fourth-order valence-corrected chi connectivity index (χ4v) is 3.32. The molecule has 1 aromatic heterocycles. The summed E-state index contributed by atoms with van der Waals surface area (Å²) in [4.78, 5) is 4.25. The number of benzene rings is 1. The Bertz CT molecular complexity index is 590. The zero-order valence-corrected chi connectivity index (χ0v) is 15.1. The highest BCUT2D eigenvalue weighted by Crippen LogP contribution is 2.43. The number of aliphatic hydroxyl groups is 1. The average molecular weight is 399 g/mol. The third-order valence-corrected chi connectivity index (χ3v) is 4.42. The predicted octanol–water partition coefficient (Wildman–Crippen LogP) is 4.71. The molecule has 1 heterocycles. The van der Waals surface area contributed by atoms with E-state index < -0.39 is 6.10 Å². The molecule has 0 spiro atoms. The molecule has 0 aliphatic carbocycles. The fraction of sp³-hybridized carbons (Fsp3) is 0.471. The summed E-state index contributed by atoms with van der Waals surface area (Å²) < 4.78 is 6.13. The summed E-state index contributed by atoms with van der Waals surface area (Å²) in [6, 6.07) is 10.4. The third kappa shape index (κ3) is 3.86. The molecule has 1 N–H and O–H groups in total. The first-order valence-corrected chi connectivity index (χ1v) is 8.15. The molecule has 3 nitrogen and oxygen atoms in total. The first-order valence-electron chi connectivity index (χ1n) is 7.07. The topological polar surface area (TPSA) is 46.3 Å². The molecular weight excluding hydrogens is 377 g/mol. The fourth-order valence-electron chi connectivity index (χ4n) is 2.95. The molecule has 2 aromatic rings. The molecule has 0 amide bonds. The SMILES string of the molecule is CC(C)(CC(C)(C)C(O)c1nc(I)co1)c1ccccc1. The molecule has 21 heavy (non-hydrogen) atoms. The van der Waals surface area contributed by atoms with E-state index in [1.807, 2.05) is 6.07 Å². The van der Waals surface area contributed by atoms with Gasteiger partial charge in [-0.1, -0.05) is 58.0 Å². The van der Waals surface area contributed by atoms with Gasteiger partial charge in [-0.25, -0.2) is 4.98 Å². The van der Waals surface area contributed by atoms with Gasteiger partial charge < -0.3 is 9.52 Å². The van der Waals surface area contributed by atoms with Crippen LogP contribution in [0.4, 0.5) is 0 Å². The first-order chi connectivity index (χ1) is 9.72. The Morgan fingerprint density at radius 3 is 2.33 bits per heavy atom. The van der Waals surface area contributed by atoms with Crippen LogP contribution in [0.2, 0.25) is 0 Å². The monoisotopic (exact) mass is 399 g/mol. The highest BCUT2D eigenvalue weighted by Gasteiger charge is 2.38. The van der Waals surface area contributed by atoms with Gasteiger partial charge in [0.15, 0.2) is 0 Å². The summed E-state index contributed by atoms with van der Waals surface area (Å²) in [6.45, 7) is 8.52. The Labute approximate surface area is 139 Å². The van der Waals surface area contributed by atoms with Crippen molar-refractivity contribution in [3.63, 3.8) is 0 Å². The normalized spacial score (nSPS) is 14.2. The predicted molar refractivity (Wildman–Crippen MR) is 92.0 cm³/mol.